The fourth-order valence-corrected chi connectivity index (χ4v) is 8.57. The fraction of sp³-hybridized carbons (Fsp3) is 0.442. The highest BCUT2D eigenvalue weighted by Gasteiger charge is 2.25. The molecule has 6 aromatic rings. The third kappa shape index (κ3) is 16.1. The first kappa shape index (κ1) is 60.3. The monoisotopic (exact) mass is 1110 g/mol. The van der Waals surface area contributed by atoms with Crippen LogP contribution in [0.2, 0.25) is 0 Å². The summed E-state index contributed by atoms with van der Waals surface area (Å²) in [5, 5.41) is 36.3. The smallest absolute Gasteiger partial charge is 0.354 e. The van der Waals surface area contributed by atoms with Gasteiger partial charge in [0.2, 0.25) is 5.95 Å². The number of nitro groups is 2. The van der Waals surface area contributed by atoms with E-state index >= 15 is 0 Å². The van der Waals surface area contributed by atoms with Crippen LogP contribution in [-0.2, 0) is 14.2 Å². The van der Waals surface area contributed by atoms with Gasteiger partial charge in [0.1, 0.15) is 39.7 Å². The molecule has 0 radical (unpaired) electrons. The SMILES string of the molecule is C.Cc1nc(C(=O)N2CCOCC2)ccc1N.Cc1nc(C(=O)N2CCOCC2)ccc1Nc1nc(NC2CCCCC2)c2[nH]cnc2n1.Cc1nc(C(=O)N2CCOCC2)ccc1[N+](=O)[O-].Cc1nc(C(=O)O)ccc1[N+](=O)[O-]. The molecule has 0 unspecified atom stereocenters. The zero-order valence-electron chi connectivity index (χ0n) is 44.2. The second kappa shape index (κ2) is 28.7. The summed E-state index contributed by atoms with van der Waals surface area (Å²) in [4.78, 5) is 105. The summed E-state index contributed by atoms with van der Waals surface area (Å²) in [7, 11) is 0. The number of ether oxygens (including phenoxy) is 3. The number of carboxylic acids is 1. The molecule has 0 atom stereocenters. The van der Waals surface area contributed by atoms with Crippen molar-refractivity contribution in [3.63, 3.8) is 0 Å². The van der Waals surface area contributed by atoms with E-state index in [9.17, 15) is 39.4 Å². The van der Waals surface area contributed by atoms with Crippen LogP contribution in [0.3, 0.4) is 0 Å². The number of hydrogen-bond acceptors (Lipinski definition) is 21. The Kier molecular flexibility index (Phi) is 21.6. The topological polar surface area (TPSA) is 368 Å². The Hall–Kier alpha value is -8.89. The van der Waals surface area contributed by atoms with Gasteiger partial charge >= 0.3 is 5.97 Å². The zero-order valence-corrected chi connectivity index (χ0v) is 44.2. The van der Waals surface area contributed by atoms with E-state index in [0.717, 1.165) is 42.0 Å². The van der Waals surface area contributed by atoms with Gasteiger partial charge in [-0.25, -0.2) is 29.7 Å². The zero-order chi connectivity index (χ0) is 56.6. The largest absolute Gasteiger partial charge is 0.477 e. The lowest BCUT2D eigenvalue weighted by Crippen LogP contribution is -2.41. The van der Waals surface area contributed by atoms with Gasteiger partial charge in [-0.3, -0.25) is 34.6 Å². The normalized spacial score (nSPS) is 15.3. The molecule has 4 aliphatic rings. The molecule has 10 rings (SSSR count). The van der Waals surface area contributed by atoms with E-state index in [1.54, 1.807) is 46.1 Å². The number of morpholine rings is 3. The van der Waals surface area contributed by atoms with Crippen LogP contribution in [0.4, 0.5) is 34.5 Å². The Labute approximate surface area is 460 Å². The van der Waals surface area contributed by atoms with E-state index in [2.05, 4.69) is 45.5 Å². The lowest BCUT2D eigenvalue weighted by atomic mass is 9.95. The molecule has 9 heterocycles. The number of H-pyrrole nitrogens is 1. The number of pyridine rings is 4. The summed E-state index contributed by atoms with van der Waals surface area (Å²) in [6.45, 7) is 13.4. The number of aryl methyl sites for hydroxylation is 4. The van der Waals surface area contributed by atoms with E-state index in [4.69, 9.17) is 30.0 Å². The van der Waals surface area contributed by atoms with Crippen LogP contribution >= 0.6 is 0 Å². The van der Waals surface area contributed by atoms with E-state index in [0.29, 0.717) is 125 Å². The van der Waals surface area contributed by atoms with Crippen LogP contribution in [0.5, 0.6) is 0 Å². The van der Waals surface area contributed by atoms with E-state index in [1.165, 1.54) is 45.2 Å². The summed E-state index contributed by atoms with van der Waals surface area (Å²) in [6.07, 6.45) is 7.69. The summed E-state index contributed by atoms with van der Waals surface area (Å²) in [6, 6.07) is 12.3. The predicted octanol–water partition coefficient (Wildman–Crippen LogP) is 5.86. The molecule has 0 aromatic carbocycles. The van der Waals surface area contributed by atoms with Gasteiger partial charge in [-0.15, -0.1) is 0 Å². The Balaban J connectivity index is 0.000000184. The Bertz CT molecular complexity index is 3150. The number of rotatable bonds is 10. The van der Waals surface area contributed by atoms with Gasteiger partial charge in [0.25, 0.3) is 29.1 Å². The number of nitrogens with two attached hydrogens (primary N) is 1. The molecule has 4 fully saturated rings. The molecule has 1 aliphatic carbocycles. The summed E-state index contributed by atoms with van der Waals surface area (Å²) < 4.78 is 15.7. The molecule has 3 amide bonds. The van der Waals surface area contributed by atoms with Crippen LogP contribution in [0.15, 0.2) is 54.9 Å². The quantitative estimate of drug-likeness (QED) is 0.0791. The van der Waals surface area contributed by atoms with Crippen molar-refractivity contribution in [2.24, 2.45) is 0 Å². The number of aromatic amines is 1. The van der Waals surface area contributed by atoms with Crippen LogP contribution < -0.4 is 16.4 Å². The minimum absolute atomic E-state index is 0. The molecule has 426 valence electrons. The molecule has 28 heteroatoms. The third-order valence-electron chi connectivity index (χ3n) is 13.0. The minimum atomic E-state index is -1.20. The molecule has 0 bridgehead atoms. The Morgan fingerprint density at radius 3 is 1.50 bits per heavy atom. The molecular formula is C52H66N16O12. The standard InChI is InChI=1S/C22H28N8O2.C11H13N3O4.C11H15N3O2.C7H6N2O4.CH4/c1-14-16(7-8-17(25-14)21(31)30-9-11-32-12-10-30)27-22-28-19-18(23-13-24-19)20(29-22)26-15-5-3-2-4-6-15;1-8-10(14(16)17)3-2-9(12-8)11(15)13-4-6-18-7-5-13;1-8-9(12)2-3-10(13-8)11(15)14-4-6-16-7-5-14;1-4-6(9(12)13)3-2-5(8-4)7(10)11;/h7-8,13,15H,2-6,9-12H2,1H3,(H3,23,24,26,27,28,29);2-3H,4-7H2,1H3;2-3H,4-7,12H2,1H3;2-3H,1H3,(H,10,11);1H4. The van der Waals surface area contributed by atoms with Crippen molar-refractivity contribution >= 4 is 69.4 Å². The number of anilines is 4. The van der Waals surface area contributed by atoms with Crippen LogP contribution in [-0.4, -0.2) is 178 Å². The van der Waals surface area contributed by atoms with E-state index in [1.807, 2.05) is 13.0 Å². The van der Waals surface area contributed by atoms with E-state index < -0.39 is 15.8 Å². The number of imidazole rings is 1. The molecule has 1 saturated carbocycles. The number of carbonyl (C=O) groups is 4. The van der Waals surface area contributed by atoms with Crippen molar-refractivity contribution in [3.05, 3.63) is 121 Å². The number of aromatic carboxylic acids is 1. The highest BCUT2D eigenvalue weighted by atomic mass is 16.6. The lowest BCUT2D eigenvalue weighted by Gasteiger charge is -2.26. The molecule has 3 saturated heterocycles. The maximum Gasteiger partial charge on any atom is 0.354 e. The summed E-state index contributed by atoms with van der Waals surface area (Å²) in [5.41, 5.74) is 10.9. The van der Waals surface area contributed by atoms with Crippen molar-refractivity contribution in [2.75, 3.05) is 95.3 Å². The van der Waals surface area contributed by atoms with Crippen LogP contribution in [0.1, 0.15) is 104 Å². The number of amides is 3. The number of nitrogens with one attached hydrogen (secondary N) is 3. The molecule has 6 aromatic heterocycles. The van der Waals surface area contributed by atoms with Crippen LogP contribution in [0, 0.1) is 47.9 Å². The maximum absolute atomic E-state index is 12.7. The Morgan fingerprint density at radius 1 is 0.613 bits per heavy atom. The van der Waals surface area contributed by atoms with Gasteiger partial charge in [0.05, 0.1) is 78.6 Å². The first-order valence-electron chi connectivity index (χ1n) is 25.5. The number of carbonyl (C=O) groups excluding carboxylic acids is 3. The second-order valence-corrected chi connectivity index (χ2v) is 18.4. The third-order valence-corrected chi connectivity index (χ3v) is 13.0. The number of fused-ring (bicyclic) bond motifs is 1. The molecule has 80 heavy (non-hydrogen) atoms. The second-order valence-electron chi connectivity index (χ2n) is 18.4. The Morgan fingerprint density at radius 2 is 1.05 bits per heavy atom. The maximum atomic E-state index is 12.7. The first-order chi connectivity index (χ1) is 38.0. The number of hydrogen-bond donors (Lipinski definition) is 5. The highest BCUT2D eigenvalue weighted by molar-refractivity contribution is 5.94. The molecule has 3 aliphatic heterocycles. The average molecular weight is 1110 g/mol. The highest BCUT2D eigenvalue weighted by Crippen LogP contribution is 2.27. The molecule has 0 spiro atoms. The van der Waals surface area contributed by atoms with Crippen molar-refractivity contribution in [1.82, 2.24) is 54.6 Å². The first-order valence-corrected chi connectivity index (χ1v) is 25.5. The number of aromatic nitrogens is 8. The number of nitrogen functional groups attached to an aromatic ring is 1. The van der Waals surface area contributed by atoms with Crippen molar-refractivity contribution in [1.29, 1.82) is 0 Å². The van der Waals surface area contributed by atoms with Gasteiger partial charge in [0.15, 0.2) is 11.5 Å². The molecule has 6 N–H and O–H groups in total. The minimum Gasteiger partial charge on any atom is -0.477 e. The van der Waals surface area contributed by atoms with Gasteiger partial charge < -0.3 is 55.4 Å². The van der Waals surface area contributed by atoms with E-state index in [-0.39, 0.29) is 59.3 Å². The predicted molar refractivity (Wildman–Crippen MR) is 293 cm³/mol. The molecule has 28 nitrogen and oxygen atoms in total. The number of carboxylic acid groups (broad SMARTS) is 1. The fourth-order valence-electron chi connectivity index (χ4n) is 8.57. The van der Waals surface area contributed by atoms with Crippen LogP contribution in [0.25, 0.3) is 11.2 Å². The van der Waals surface area contributed by atoms with Gasteiger partial charge in [-0.2, -0.15) is 9.97 Å². The summed E-state index contributed by atoms with van der Waals surface area (Å²) >= 11 is 0. The number of nitrogens with zero attached hydrogens (tertiary/aromatic N) is 12. The van der Waals surface area contributed by atoms with Crippen molar-refractivity contribution < 1.29 is 48.3 Å². The van der Waals surface area contributed by atoms with Crippen molar-refractivity contribution in [3.8, 4) is 0 Å². The summed E-state index contributed by atoms with van der Waals surface area (Å²) in [5.74, 6) is -0.330. The molecular weight excluding hydrogens is 1040 g/mol. The van der Waals surface area contributed by atoms with Gasteiger partial charge in [0, 0.05) is 57.4 Å². The lowest BCUT2D eigenvalue weighted by molar-refractivity contribution is -0.385. The average Bonchev–Trinajstić information content (AvgIpc) is 3.96. The van der Waals surface area contributed by atoms with Gasteiger partial charge in [-0.1, -0.05) is 26.7 Å². The van der Waals surface area contributed by atoms with Gasteiger partial charge in [-0.05, 0) is 76.9 Å². The van der Waals surface area contributed by atoms with Crippen molar-refractivity contribution in [2.45, 2.75) is 73.3 Å².